The molecule has 1 aromatic carbocycles. The van der Waals surface area contributed by atoms with Gasteiger partial charge in [0.15, 0.2) is 0 Å². The van der Waals surface area contributed by atoms with E-state index < -0.39 is 10.0 Å². The number of nitrogens with zero attached hydrogens (tertiary/aromatic N) is 4. The maximum Gasteiger partial charge on any atom is 0.291 e. The van der Waals surface area contributed by atoms with Crippen molar-refractivity contribution in [2.24, 2.45) is 0 Å². The summed E-state index contributed by atoms with van der Waals surface area (Å²) in [6.45, 7) is 1.11. The predicted molar refractivity (Wildman–Crippen MR) is 111 cm³/mol. The summed E-state index contributed by atoms with van der Waals surface area (Å²) in [5, 5.41) is 8.84. The molecule has 0 amide bonds. The van der Waals surface area contributed by atoms with Crippen molar-refractivity contribution < 1.29 is 13.2 Å². The van der Waals surface area contributed by atoms with Crippen molar-refractivity contribution in [2.45, 2.75) is 24.2 Å². The zero-order chi connectivity index (χ0) is 20.4. The highest BCUT2D eigenvalue weighted by atomic mass is 32.2. The molecule has 1 fully saturated rings. The maximum atomic E-state index is 12.7. The van der Waals surface area contributed by atoms with E-state index in [0.717, 1.165) is 23.9 Å². The molecule has 0 bridgehead atoms. The average molecular weight is 433 g/mol. The zero-order valence-electron chi connectivity index (χ0n) is 15.5. The summed E-state index contributed by atoms with van der Waals surface area (Å²) in [5.41, 5.74) is 6.40. The minimum Gasteiger partial charge on any atom is -0.368 e. The molecular weight excluding hydrogens is 412 g/mol. The number of nitrogens with two attached hydrogens (primary N) is 1. The second-order valence-electron chi connectivity index (χ2n) is 6.60. The summed E-state index contributed by atoms with van der Waals surface area (Å²) < 4.78 is 28.0. The van der Waals surface area contributed by atoms with Crippen LogP contribution >= 0.6 is 11.3 Å². The average Bonchev–Trinajstić information content (AvgIpc) is 3.39. The number of piperidine rings is 1. The number of hydrogen-bond donors (Lipinski definition) is 2. The van der Waals surface area contributed by atoms with E-state index in [2.05, 4.69) is 15.4 Å². The molecule has 1 saturated heterocycles. The highest BCUT2D eigenvalue weighted by molar-refractivity contribution is 7.89. The molecule has 2 aromatic heterocycles. The molecule has 4 rings (SSSR count). The van der Waals surface area contributed by atoms with Crippen molar-refractivity contribution >= 4 is 44.9 Å². The highest BCUT2D eigenvalue weighted by Crippen LogP contribution is 2.23. The molecule has 1 aliphatic heterocycles. The molecule has 29 heavy (non-hydrogen) atoms. The van der Waals surface area contributed by atoms with E-state index in [0.29, 0.717) is 23.7 Å². The van der Waals surface area contributed by atoms with Crippen LogP contribution in [0.1, 0.15) is 28.9 Å². The summed E-state index contributed by atoms with van der Waals surface area (Å²) >= 11 is 1.29. The van der Waals surface area contributed by atoms with Gasteiger partial charge in [-0.3, -0.25) is 4.79 Å². The van der Waals surface area contributed by atoms with Crippen LogP contribution in [0.3, 0.4) is 0 Å². The first-order valence-corrected chi connectivity index (χ1v) is 11.4. The van der Waals surface area contributed by atoms with E-state index in [1.54, 1.807) is 41.8 Å². The number of hydrogen-bond acceptors (Lipinski definition) is 8. The van der Waals surface area contributed by atoms with Crippen molar-refractivity contribution in [3.8, 4) is 0 Å². The SMILES string of the molecule is Nc1nc(Nc2ccc(S(=O)(=O)N3CCCCC3)cc2)nn1C(=O)c1cccs1. The van der Waals surface area contributed by atoms with Gasteiger partial charge in [0.25, 0.3) is 5.91 Å². The topological polar surface area (TPSA) is 123 Å². The Morgan fingerprint density at radius 2 is 1.83 bits per heavy atom. The Morgan fingerprint density at radius 3 is 2.48 bits per heavy atom. The maximum absolute atomic E-state index is 12.7. The first-order valence-electron chi connectivity index (χ1n) is 9.13. The summed E-state index contributed by atoms with van der Waals surface area (Å²) in [4.78, 5) is 17.2. The molecule has 0 atom stereocenters. The first kappa shape index (κ1) is 19.6. The van der Waals surface area contributed by atoms with Gasteiger partial charge >= 0.3 is 0 Å². The van der Waals surface area contributed by atoms with Crippen LogP contribution in [0, 0.1) is 0 Å². The van der Waals surface area contributed by atoms with Crippen LogP contribution < -0.4 is 11.1 Å². The lowest BCUT2D eigenvalue weighted by Gasteiger charge is -2.25. The fourth-order valence-corrected chi connectivity index (χ4v) is 5.29. The van der Waals surface area contributed by atoms with Gasteiger partial charge in [-0.1, -0.05) is 12.5 Å². The third-order valence-corrected chi connectivity index (χ3v) is 7.39. The second-order valence-corrected chi connectivity index (χ2v) is 9.49. The molecule has 0 unspecified atom stereocenters. The van der Waals surface area contributed by atoms with Crippen LogP contribution in [0.4, 0.5) is 17.6 Å². The fraction of sp³-hybridized carbons (Fsp3) is 0.278. The summed E-state index contributed by atoms with van der Waals surface area (Å²) in [6, 6.07) is 9.81. The van der Waals surface area contributed by atoms with Gasteiger partial charge in [0.1, 0.15) is 0 Å². The van der Waals surface area contributed by atoms with Gasteiger partial charge in [-0.15, -0.1) is 16.4 Å². The van der Waals surface area contributed by atoms with E-state index >= 15 is 0 Å². The number of thiophene rings is 1. The Bertz CT molecular complexity index is 1100. The Morgan fingerprint density at radius 1 is 1.10 bits per heavy atom. The minimum absolute atomic E-state index is 0.0322. The normalized spacial score (nSPS) is 15.3. The van der Waals surface area contributed by atoms with Crippen molar-refractivity contribution in [3.05, 3.63) is 46.7 Å². The van der Waals surface area contributed by atoms with E-state index in [-0.39, 0.29) is 22.7 Å². The molecule has 0 aliphatic carbocycles. The van der Waals surface area contributed by atoms with Gasteiger partial charge in [-0.25, -0.2) is 8.42 Å². The number of carbonyl (C=O) groups is 1. The third kappa shape index (κ3) is 4.02. The van der Waals surface area contributed by atoms with Crippen molar-refractivity contribution in [2.75, 3.05) is 24.1 Å². The van der Waals surface area contributed by atoms with Crippen molar-refractivity contribution in [3.63, 3.8) is 0 Å². The zero-order valence-corrected chi connectivity index (χ0v) is 17.1. The van der Waals surface area contributed by atoms with Crippen LogP contribution in [0.15, 0.2) is 46.7 Å². The molecule has 11 heteroatoms. The molecule has 152 valence electrons. The highest BCUT2D eigenvalue weighted by Gasteiger charge is 2.25. The lowest BCUT2D eigenvalue weighted by molar-refractivity contribution is 0.0952. The Balaban J connectivity index is 1.49. The molecule has 3 heterocycles. The Kier molecular flexibility index (Phi) is 5.35. The minimum atomic E-state index is -3.48. The van der Waals surface area contributed by atoms with Crippen LogP contribution in [-0.4, -0.2) is 46.5 Å². The Labute approximate surface area is 172 Å². The smallest absolute Gasteiger partial charge is 0.291 e. The van der Waals surface area contributed by atoms with E-state index in [4.69, 9.17) is 5.73 Å². The first-order chi connectivity index (χ1) is 13.9. The number of nitrogen functional groups attached to an aromatic ring is 1. The van der Waals surface area contributed by atoms with Crippen LogP contribution in [-0.2, 0) is 10.0 Å². The van der Waals surface area contributed by atoms with Gasteiger partial charge in [-0.05, 0) is 48.6 Å². The number of anilines is 3. The van der Waals surface area contributed by atoms with Crippen LogP contribution in [0.25, 0.3) is 0 Å². The number of carbonyl (C=O) groups excluding carboxylic acids is 1. The number of rotatable bonds is 5. The summed E-state index contributed by atoms with van der Waals surface area (Å²) in [7, 11) is -3.48. The number of sulfonamides is 1. The number of nitrogens with one attached hydrogen (secondary N) is 1. The lowest BCUT2D eigenvalue weighted by atomic mass is 10.2. The van der Waals surface area contributed by atoms with Crippen LogP contribution in [0.2, 0.25) is 0 Å². The second kappa shape index (κ2) is 7.93. The molecule has 3 aromatic rings. The Hall–Kier alpha value is -2.76. The number of aromatic nitrogens is 3. The van der Waals surface area contributed by atoms with Gasteiger partial charge in [0, 0.05) is 18.8 Å². The summed E-state index contributed by atoms with van der Waals surface area (Å²) in [5.74, 6) is -0.240. The van der Waals surface area contributed by atoms with Crippen molar-refractivity contribution in [1.82, 2.24) is 19.1 Å². The fourth-order valence-electron chi connectivity index (χ4n) is 3.12. The number of benzene rings is 1. The van der Waals surface area contributed by atoms with Gasteiger partial charge < -0.3 is 11.1 Å². The van der Waals surface area contributed by atoms with Crippen LogP contribution in [0.5, 0.6) is 0 Å². The molecule has 0 saturated carbocycles. The van der Waals surface area contributed by atoms with Crippen molar-refractivity contribution in [1.29, 1.82) is 0 Å². The molecular formula is C18H20N6O3S2. The molecule has 1 aliphatic rings. The molecule has 3 N–H and O–H groups in total. The lowest BCUT2D eigenvalue weighted by Crippen LogP contribution is -2.35. The van der Waals surface area contributed by atoms with Gasteiger partial charge in [-0.2, -0.15) is 14.0 Å². The van der Waals surface area contributed by atoms with Gasteiger partial charge in [0.2, 0.25) is 21.9 Å². The van der Waals surface area contributed by atoms with E-state index in [9.17, 15) is 13.2 Å². The molecule has 0 radical (unpaired) electrons. The third-order valence-electron chi connectivity index (χ3n) is 4.62. The van der Waals surface area contributed by atoms with E-state index in [1.807, 2.05) is 0 Å². The predicted octanol–water partition coefficient (Wildman–Crippen LogP) is 2.53. The standard InChI is InChI=1S/C18H20N6O3S2/c19-17-21-18(22-24(17)16(25)15-5-4-12-28-15)20-13-6-8-14(9-7-13)29(26,27)23-10-2-1-3-11-23/h4-9,12H,1-3,10-11H2,(H3,19,20,21,22). The summed E-state index contributed by atoms with van der Waals surface area (Å²) in [6.07, 6.45) is 2.84. The van der Waals surface area contributed by atoms with Gasteiger partial charge in [0.05, 0.1) is 9.77 Å². The largest absolute Gasteiger partial charge is 0.368 e. The molecule has 0 spiro atoms. The van der Waals surface area contributed by atoms with E-state index in [1.165, 1.54) is 15.6 Å². The quantitative estimate of drug-likeness (QED) is 0.635. The monoisotopic (exact) mass is 432 g/mol. The molecule has 9 nitrogen and oxygen atoms in total.